The second kappa shape index (κ2) is 9.70. The highest BCUT2D eigenvalue weighted by atomic mass is 16.1. The fourth-order valence-corrected chi connectivity index (χ4v) is 6.18. The number of hydrogen-bond donors (Lipinski definition) is 1. The molecular weight excluding hydrogens is 518 g/mol. The molecule has 5 aromatic rings. The summed E-state index contributed by atoms with van der Waals surface area (Å²) in [4.78, 5) is 43.6. The van der Waals surface area contributed by atoms with E-state index in [-0.39, 0.29) is 18.5 Å². The Hall–Kier alpha value is -4.77. The second-order valence-electron chi connectivity index (χ2n) is 10.9. The monoisotopic (exact) mass is 549 g/mol. The summed E-state index contributed by atoms with van der Waals surface area (Å²) in [7, 11) is 4.13. The number of aryl methyl sites for hydroxylation is 1. The fourth-order valence-electron chi connectivity index (χ4n) is 6.18. The minimum atomic E-state index is -0.232. The van der Waals surface area contributed by atoms with Gasteiger partial charge in [0.2, 0.25) is 5.95 Å². The van der Waals surface area contributed by atoms with E-state index in [0.717, 1.165) is 36.1 Å². The number of benzene rings is 1. The predicted octanol–water partition coefficient (Wildman–Crippen LogP) is 3.03. The van der Waals surface area contributed by atoms with Gasteiger partial charge in [-0.1, -0.05) is 6.08 Å². The Morgan fingerprint density at radius 2 is 1.85 bits per heavy atom. The van der Waals surface area contributed by atoms with Crippen molar-refractivity contribution in [3.8, 4) is 5.82 Å². The van der Waals surface area contributed by atoms with E-state index in [2.05, 4.69) is 45.9 Å². The maximum absolute atomic E-state index is 13.4. The van der Waals surface area contributed by atoms with E-state index < -0.39 is 0 Å². The van der Waals surface area contributed by atoms with Gasteiger partial charge in [0, 0.05) is 68.0 Å². The Morgan fingerprint density at radius 3 is 2.56 bits per heavy atom. The lowest BCUT2D eigenvalue weighted by atomic mass is 9.88. The predicted molar refractivity (Wildman–Crippen MR) is 159 cm³/mol. The molecule has 0 spiro atoms. The number of likely N-dealkylation sites (N-methyl/N-ethyl adjacent to an activating group) is 1. The number of carbonyl (C=O) groups is 1. The van der Waals surface area contributed by atoms with Crippen LogP contribution in [-0.4, -0.2) is 72.3 Å². The largest absolute Gasteiger partial charge is 0.368 e. The van der Waals surface area contributed by atoms with Gasteiger partial charge in [0.15, 0.2) is 11.5 Å². The zero-order valence-corrected chi connectivity index (χ0v) is 23.1. The van der Waals surface area contributed by atoms with E-state index in [1.807, 2.05) is 42.1 Å². The number of carbonyl (C=O) groups excluding carboxylic acids is 1. The van der Waals surface area contributed by atoms with Gasteiger partial charge in [-0.2, -0.15) is 4.98 Å². The van der Waals surface area contributed by atoms with Crippen molar-refractivity contribution in [2.45, 2.75) is 31.5 Å². The van der Waals surface area contributed by atoms with E-state index in [1.54, 1.807) is 21.6 Å². The Kier molecular flexibility index (Phi) is 5.97. The number of aromatic nitrogens is 6. The number of fused-ring (bicyclic) bond motifs is 4. The van der Waals surface area contributed by atoms with Crippen LogP contribution in [0.1, 0.15) is 12.0 Å². The topological polar surface area (TPSA) is 106 Å². The van der Waals surface area contributed by atoms with Crippen LogP contribution in [0.5, 0.6) is 0 Å². The molecule has 2 unspecified atom stereocenters. The first kappa shape index (κ1) is 25.2. The number of aldehydes is 1. The van der Waals surface area contributed by atoms with Crippen molar-refractivity contribution in [3.63, 3.8) is 0 Å². The Bertz CT molecular complexity index is 1860. The highest BCUT2D eigenvalue weighted by Gasteiger charge is 2.42. The number of nitrogens with one attached hydrogen (secondary N) is 1. The summed E-state index contributed by atoms with van der Waals surface area (Å²) >= 11 is 0. The third-order valence-electron chi connectivity index (χ3n) is 8.44. The van der Waals surface area contributed by atoms with Crippen LogP contribution in [0.4, 0.5) is 17.3 Å². The Labute approximate surface area is 236 Å². The lowest BCUT2D eigenvalue weighted by Crippen LogP contribution is -2.67. The van der Waals surface area contributed by atoms with Gasteiger partial charge < -0.3 is 19.6 Å². The Balaban J connectivity index is 1.24. The summed E-state index contributed by atoms with van der Waals surface area (Å²) in [6, 6.07) is 13.4. The number of piperazine rings is 1. The van der Waals surface area contributed by atoms with Crippen molar-refractivity contribution in [3.05, 3.63) is 77.4 Å². The second-order valence-corrected chi connectivity index (χ2v) is 10.9. The molecule has 3 fully saturated rings. The Morgan fingerprint density at radius 1 is 1.07 bits per heavy atom. The van der Waals surface area contributed by atoms with E-state index in [9.17, 15) is 9.59 Å². The van der Waals surface area contributed by atoms with Crippen molar-refractivity contribution >= 4 is 45.7 Å². The maximum atomic E-state index is 13.4. The SMILES string of the molecule is C=CCn1c(=O)c2cnc(Nc3ccc(N4CC5CC(C4)N5C)cc3)nc2n1-c1ccc2c(n1)c(CC=O)cn2C. The molecule has 11 nitrogen and oxygen atoms in total. The maximum Gasteiger partial charge on any atom is 0.278 e. The molecule has 4 aromatic heterocycles. The highest BCUT2D eigenvalue weighted by molar-refractivity contribution is 5.84. The molecule has 41 heavy (non-hydrogen) atoms. The van der Waals surface area contributed by atoms with Crippen molar-refractivity contribution in [1.82, 2.24) is 33.8 Å². The highest BCUT2D eigenvalue weighted by Crippen LogP contribution is 2.33. The minimum absolute atomic E-state index is 0.232. The molecule has 8 rings (SSSR count). The molecule has 2 atom stereocenters. The molecule has 3 aliphatic rings. The van der Waals surface area contributed by atoms with E-state index >= 15 is 0 Å². The van der Waals surface area contributed by atoms with Crippen LogP contribution in [0.3, 0.4) is 0 Å². The number of allylic oxidation sites excluding steroid dienone is 1. The zero-order chi connectivity index (χ0) is 28.2. The van der Waals surface area contributed by atoms with Gasteiger partial charge in [0.05, 0.1) is 17.6 Å². The lowest BCUT2D eigenvalue weighted by molar-refractivity contribution is -0.107. The van der Waals surface area contributed by atoms with Gasteiger partial charge in [-0.3, -0.25) is 9.69 Å². The molecule has 2 bridgehead atoms. The van der Waals surface area contributed by atoms with Crippen molar-refractivity contribution in [1.29, 1.82) is 0 Å². The molecule has 11 heteroatoms. The number of anilines is 3. The van der Waals surface area contributed by atoms with Crippen LogP contribution in [0.25, 0.3) is 27.9 Å². The van der Waals surface area contributed by atoms with Gasteiger partial charge in [-0.05, 0) is 49.9 Å². The van der Waals surface area contributed by atoms with Crippen LogP contribution < -0.4 is 15.8 Å². The molecule has 0 saturated carbocycles. The summed E-state index contributed by atoms with van der Waals surface area (Å²) in [6.45, 7) is 6.20. The number of nitrogens with zero attached hydrogens (tertiary/aromatic N) is 8. The summed E-state index contributed by atoms with van der Waals surface area (Å²) < 4.78 is 5.19. The van der Waals surface area contributed by atoms with Crippen LogP contribution in [0.15, 0.2) is 66.2 Å². The van der Waals surface area contributed by atoms with Crippen molar-refractivity contribution in [2.75, 3.05) is 30.4 Å². The zero-order valence-electron chi connectivity index (χ0n) is 23.1. The van der Waals surface area contributed by atoms with Crippen LogP contribution >= 0.6 is 0 Å². The first-order chi connectivity index (χ1) is 19.9. The van der Waals surface area contributed by atoms with Crippen LogP contribution in [-0.2, 0) is 24.8 Å². The average molecular weight is 550 g/mol. The molecule has 208 valence electrons. The third-order valence-corrected chi connectivity index (χ3v) is 8.44. The molecule has 1 aromatic carbocycles. The number of pyridine rings is 1. The minimum Gasteiger partial charge on any atom is -0.368 e. The summed E-state index contributed by atoms with van der Waals surface area (Å²) in [6.07, 6.45) is 7.53. The molecular formula is C30H31N9O2. The third kappa shape index (κ3) is 4.12. The van der Waals surface area contributed by atoms with E-state index in [0.29, 0.717) is 40.4 Å². The van der Waals surface area contributed by atoms with Crippen molar-refractivity contribution < 1.29 is 4.79 Å². The van der Waals surface area contributed by atoms with Gasteiger partial charge in [-0.25, -0.2) is 19.3 Å². The number of piperidine rings is 1. The molecule has 0 amide bonds. The summed E-state index contributed by atoms with van der Waals surface area (Å²) in [5, 5.41) is 3.67. The van der Waals surface area contributed by atoms with Gasteiger partial charge >= 0.3 is 0 Å². The van der Waals surface area contributed by atoms with Gasteiger partial charge in [0.1, 0.15) is 11.7 Å². The van der Waals surface area contributed by atoms with Crippen LogP contribution in [0.2, 0.25) is 0 Å². The lowest BCUT2D eigenvalue weighted by Gasteiger charge is -2.55. The van der Waals surface area contributed by atoms with E-state index in [4.69, 9.17) is 9.97 Å². The normalized spacial score (nSPS) is 18.5. The smallest absolute Gasteiger partial charge is 0.278 e. The standard InChI is InChI=1S/C30H31N9O2/c1-4-12-38-29(41)24-15-31-30(32-20-5-7-21(8-6-20)37-17-22-14-23(18-37)36(22)3)34-28(24)39(38)26-10-9-25-27(33-26)19(11-13-40)16-35(25)2/h4-10,13,15-16,22-23H,1,11-12,14,17-18H2,2-3H3,(H,31,32,34). The molecule has 3 saturated heterocycles. The molecule has 0 aliphatic carbocycles. The first-order valence-electron chi connectivity index (χ1n) is 13.8. The van der Waals surface area contributed by atoms with E-state index in [1.165, 1.54) is 12.1 Å². The van der Waals surface area contributed by atoms with Gasteiger partial charge in [0.25, 0.3) is 5.56 Å². The summed E-state index contributed by atoms with van der Waals surface area (Å²) in [5.41, 5.74) is 4.69. The molecule has 0 radical (unpaired) electrons. The van der Waals surface area contributed by atoms with Crippen LogP contribution in [0, 0.1) is 0 Å². The molecule has 1 N–H and O–H groups in total. The van der Waals surface area contributed by atoms with Gasteiger partial charge in [-0.15, -0.1) is 6.58 Å². The number of hydrogen-bond acceptors (Lipinski definition) is 8. The molecule has 7 heterocycles. The fraction of sp³-hybridized carbons (Fsp3) is 0.300. The molecule has 3 aliphatic heterocycles. The summed E-state index contributed by atoms with van der Waals surface area (Å²) in [5.74, 6) is 0.891. The quantitative estimate of drug-likeness (QED) is 0.233. The van der Waals surface area contributed by atoms with Crippen molar-refractivity contribution in [2.24, 2.45) is 7.05 Å². The first-order valence-corrected chi connectivity index (χ1v) is 13.8. The number of rotatable bonds is 8. The average Bonchev–Trinajstić information content (AvgIpc) is 3.45.